The molecule has 0 unspecified atom stereocenters. The maximum absolute atomic E-state index is 11.9. The topological polar surface area (TPSA) is 55.8 Å². The van der Waals surface area contributed by atoms with Crippen molar-refractivity contribution in [1.29, 1.82) is 0 Å². The maximum atomic E-state index is 11.9. The molecule has 0 aromatic rings. The first-order valence-electron chi connectivity index (χ1n) is 6.25. The van der Waals surface area contributed by atoms with Gasteiger partial charge >= 0.3 is 12.1 Å². The zero-order chi connectivity index (χ0) is 15.2. The molecule has 0 N–H and O–H groups in total. The highest BCUT2D eigenvalue weighted by molar-refractivity contribution is 5.81. The zero-order valence-corrected chi connectivity index (χ0v) is 12.9. The van der Waals surface area contributed by atoms with Gasteiger partial charge in [-0.15, -0.1) is 0 Å². The molecule has 0 heterocycles. The predicted octanol–water partition coefficient (Wildman–Crippen LogP) is 2.75. The number of esters is 1. The van der Waals surface area contributed by atoms with Crippen molar-refractivity contribution in [1.82, 2.24) is 4.90 Å². The Balaban J connectivity index is 4.90. The molecule has 0 aliphatic heterocycles. The van der Waals surface area contributed by atoms with E-state index in [4.69, 9.17) is 9.47 Å². The number of allylic oxidation sites excluding steroid dienone is 1. The van der Waals surface area contributed by atoms with Crippen molar-refractivity contribution >= 4 is 12.1 Å². The molecule has 0 aromatic heterocycles. The Morgan fingerprint density at radius 3 is 2.16 bits per heavy atom. The Hall–Kier alpha value is -1.52. The molecule has 0 saturated carbocycles. The van der Waals surface area contributed by atoms with Crippen molar-refractivity contribution in [2.45, 2.75) is 52.7 Å². The highest BCUT2D eigenvalue weighted by Gasteiger charge is 2.30. The molecule has 0 rings (SSSR count). The van der Waals surface area contributed by atoms with E-state index in [0.29, 0.717) is 6.42 Å². The highest BCUT2D eigenvalue weighted by Crippen LogP contribution is 2.14. The summed E-state index contributed by atoms with van der Waals surface area (Å²) in [5.41, 5.74) is 0.481. The molecular weight excluding hydrogens is 246 g/mol. The summed E-state index contributed by atoms with van der Waals surface area (Å²) < 4.78 is 9.97. The summed E-state index contributed by atoms with van der Waals surface area (Å²) in [6, 6.07) is -0.672. The van der Waals surface area contributed by atoms with E-state index in [0.717, 1.165) is 5.57 Å². The summed E-state index contributed by atoms with van der Waals surface area (Å²) in [5.74, 6) is -0.453. The quantitative estimate of drug-likeness (QED) is 0.583. The first-order valence-corrected chi connectivity index (χ1v) is 6.25. The van der Waals surface area contributed by atoms with E-state index in [1.165, 1.54) is 19.1 Å². The maximum Gasteiger partial charge on any atom is 0.410 e. The van der Waals surface area contributed by atoms with Crippen LogP contribution < -0.4 is 0 Å². The third kappa shape index (κ3) is 6.84. The molecule has 0 spiro atoms. The van der Waals surface area contributed by atoms with Gasteiger partial charge < -0.3 is 9.47 Å². The molecule has 0 bridgehead atoms. The van der Waals surface area contributed by atoms with Gasteiger partial charge in [-0.2, -0.15) is 0 Å². The Bertz CT molecular complexity index is 351. The van der Waals surface area contributed by atoms with Gasteiger partial charge in [0.05, 0.1) is 7.11 Å². The van der Waals surface area contributed by atoms with Crippen molar-refractivity contribution < 1.29 is 19.1 Å². The number of amides is 1. The average Bonchev–Trinajstić information content (AvgIpc) is 2.25. The summed E-state index contributed by atoms with van der Waals surface area (Å²) >= 11 is 0. The lowest BCUT2D eigenvalue weighted by molar-refractivity contribution is -0.146. The fourth-order valence-electron chi connectivity index (χ4n) is 1.36. The van der Waals surface area contributed by atoms with Crippen LogP contribution in [0.3, 0.4) is 0 Å². The van der Waals surface area contributed by atoms with Gasteiger partial charge in [-0.3, -0.25) is 4.90 Å². The van der Waals surface area contributed by atoms with E-state index < -0.39 is 23.7 Å². The molecule has 110 valence electrons. The van der Waals surface area contributed by atoms with Crippen LogP contribution in [0.4, 0.5) is 4.79 Å². The molecule has 0 aliphatic carbocycles. The monoisotopic (exact) mass is 271 g/mol. The molecule has 5 nitrogen and oxygen atoms in total. The van der Waals surface area contributed by atoms with Gasteiger partial charge in [0.2, 0.25) is 0 Å². The second-order valence-corrected chi connectivity index (χ2v) is 5.65. The Labute approximate surface area is 115 Å². The molecule has 1 amide bonds. The van der Waals surface area contributed by atoms with Gasteiger partial charge in [-0.1, -0.05) is 11.6 Å². The molecule has 5 heteroatoms. The van der Waals surface area contributed by atoms with Crippen LogP contribution in [0.5, 0.6) is 0 Å². The van der Waals surface area contributed by atoms with Gasteiger partial charge in [-0.25, -0.2) is 9.59 Å². The van der Waals surface area contributed by atoms with E-state index >= 15 is 0 Å². The Morgan fingerprint density at radius 2 is 1.79 bits per heavy atom. The Kier molecular flexibility index (Phi) is 6.59. The number of methoxy groups -OCH3 is 1. The van der Waals surface area contributed by atoms with Crippen LogP contribution in [0.15, 0.2) is 11.6 Å². The number of carbonyl (C=O) groups excluding carboxylic acids is 2. The van der Waals surface area contributed by atoms with Crippen LogP contribution in [0, 0.1) is 0 Å². The predicted molar refractivity (Wildman–Crippen MR) is 73.8 cm³/mol. The number of hydrogen-bond acceptors (Lipinski definition) is 4. The molecule has 0 fully saturated rings. The Morgan fingerprint density at radius 1 is 1.26 bits per heavy atom. The minimum atomic E-state index is -0.672. The SMILES string of the molecule is COC(=O)[C@H](CC=C(C)C)N(C)C(=O)OC(C)(C)C. The lowest BCUT2D eigenvalue weighted by Crippen LogP contribution is -2.45. The van der Waals surface area contributed by atoms with Crippen LogP contribution in [-0.2, 0) is 14.3 Å². The molecule has 0 aliphatic rings. The fourth-order valence-corrected chi connectivity index (χ4v) is 1.36. The van der Waals surface area contributed by atoms with Crippen LogP contribution in [0.1, 0.15) is 41.0 Å². The minimum Gasteiger partial charge on any atom is -0.467 e. The fraction of sp³-hybridized carbons (Fsp3) is 0.714. The average molecular weight is 271 g/mol. The van der Waals surface area contributed by atoms with Crippen LogP contribution in [-0.4, -0.2) is 42.8 Å². The van der Waals surface area contributed by atoms with Crippen LogP contribution in [0.2, 0.25) is 0 Å². The first-order chi connectivity index (χ1) is 8.58. The number of nitrogens with zero attached hydrogens (tertiary/aromatic N) is 1. The van der Waals surface area contributed by atoms with E-state index in [2.05, 4.69) is 0 Å². The summed E-state index contributed by atoms with van der Waals surface area (Å²) in [6.07, 6.45) is 1.76. The first kappa shape index (κ1) is 17.5. The van der Waals surface area contributed by atoms with Crippen LogP contribution in [0.25, 0.3) is 0 Å². The summed E-state index contributed by atoms with van der Waals surface area (Å²) in [6.45, 7) is 9.20. The number of rotatable bonds is 4. The molecule has 0 saturated heterocycles. The minimum absolute atomic E-state index is 0.407. The third-order valence-corrected chi connectivity index (χ3v) is 2.37. The largest absolute Gasteiger partial charge is 0.467 e. The van der Waals surface area contributed by atoms with Crippen molar-refractivity contribution in [2.75, 3.05) is 14.2 Å². The molecule has 0 radical (unpaired) electrons. The van der Waals surface area contributed by atoms with Gasteiger partial charge in [-0.05, 0) is 41.0 Å². The van der Waals surface area contributed by atoms with E-state index in [1.807, 2.05) is 19.9 Å². The highest BCUT2D eigenvalue weighted by atomic mass is 16.6. The number of ether oxygens (including phenoxy) is 2. The molecule has 0 aromatic carbocycles. The van der Waals surface area contributed by atoms with E-state index in [9.17, 15) is 9.59 Å². The number of carbonyl (C=O) groups is 2. The summed E-state index contributed by atoms with van der Waals surface area (Å²) in [5, 5.41) is 0. The van der Waals surface area contributed by atoms with Crippen molar-refractivity contribution in [3.8, 4) is 0 Å². The van der Waals surface area contributed by atoms with Crippen LogP contribution >= 0.6 is 0 Å². The molecular formula is C14H25NO4. The summed E-state index contributed by atoms with van der Waals surface area (Å²) in [4.78, 5) is 24.9. The van der Waals surface area contributed by atoms with Crippen molar-refractivity contribution in [2.24, 2.45) is 0 Å². The zero-order valence-electron chi connectivity index (χ0n) is 12.9. The smallest absolute Gasteiger partial charge is 0.410 e. The summed E-state index contributed by atoms with van der Waals surface area (Å²) in [7, 11) is 2.84. The van der Waals surface area contributed by atoms with Gasteiger partial charge in [0.25, 0.3) is 0 Å². The van der Waals surface area contributed by atoms with E-state index in [-0.39, 0.29) is 0 Å². The second kappa shape index (κ2) is 7.16. The molecule has 19 heavy (non-hydrogen) atoms. The number of hydrogen-bond donors (Lipinski definition) is 0. The van der Waals surface area contributed by atoms with Crippen molar-refractivity contribution in [3.63, 3.8) is 0 Å². The molecule has 1 atom stereocenters. The normalized spacial score (nSPS) is 12.4. The van der Waals surface area contributed by atoms with E-state index in [1.54, 1.807) is 20.8 Å². The van der Waals surface area contributed by atoms with Crippen molar-refractivity contribution in [3.05, 3.63) is 11.6 Å². The third-order valence-electron chi connectivity index (χ3n) is 2.37. The standard InChI is InChI=1S/C14H25NO4/c1-10(2)8-9-11(12(16)18-7)15(6)13(17)19-14(3,4)5/h8,11H,9H2,1-7H3/t11-/m0/s1. The second-order valence-electron chi connectivity index (χ2n) is 5.65. The van der Waals surface area contributed by atoms with Gasteiger partial charge in [0, 0.05) is 7.05 Å². The number of likely N-dealkylation sites (N-methyl/N-ethyl adjacent to an activating group) is 1. The lowest BCUT2D eigenvalue weighted by Gasteiger charge is -2.28. The lowest BCUT2D eigenvalue weighted by atomic mass is 10.1. The van der Waals surface area contributed by atoms with Gasteiger partial charge in [0.1, 0.15) is 11.6 Å². The van der Waals surface area contributed by atoms with Gasteiger partial charge in [0.15, 0.2) is 0 Å².